The number of amides is 2. The fourth-order valence-electron chi connectivity index (χ4n) is 3.43. The zero-order chi connectivity index (χ0) is 18.2. The molecule has 0 aromatic carbocycles. The Morgan fingerprint density at radius 1 is 1.32 bits per heavy atom. The van der Waals surface area contributed by atoms with Crippen molar-refractivity contribution in [2.75, 3.05) is 19.6 Å². The van der Waals surface area contributed by atoms with E-state index in [1.165, 1.54) is 9.21 Å². The number of piperazine rings is 1. The maximum Gasteiger partial charge on any atom is 0.253 e. The van der Waals surface area contributed by atoms with Gasteiger partial charge in [0.25, 0.3) is 10.0 Å². The Labute approximate surface area is 152 Å². The van der Waals surface area contributed by atoms with E-state index in [1.807, 2.05) is 0 Å². The number of sulfonamides is 1. The van der Waals surface area contributed by atoms with Crippen LogP contribution in [0.3, 0.4) is 0 Å². The van der Waals surface area contributed by atoms with E-state index in [4.69, 9.17) is 0 Å². The van der Waals surface area contributed by atoms with Gasteiger partial charge in [-0.15, -0.1) is 11.3 Å². The number of carbonyl (C=O) groups is 2. The minimum atomic E-state index is -3.70. The molecular weight excluding hydrogens is 362 g/mol. The van der Waals surface area contributed by atoms with E-state index in [1.54, 1.807) is 31.4 Å². The molecular formula is C16H23N3O4S2. The average Bonchev–Trinajstić information content (AvgIpc) is 3.12. The van der Waals surface area contributed by atoms with Crippen LogP contribution in [-0.4, -0.2) is 60.7 Å². The van der Waals surface area contributed by atoms with Gasteiger partial charge in [-0.25, -0.2) is 8.42 Å². The summed E-state index contributed by atoms with van der Waals surface area (Å²) in [6.07, 6.45) is 2.02. The van der Waals surface area contributed by atoms with Gasteiger partial charge in [-0.05, 0) is 38.1 Å². The van der Waals surface area contributed by atoms with Gasteiger partial charge in [-0.2, -0.15) is 4.31 Å². The standard InChI is InChI=1S/C16H23N3O4S2/c1-16(2)15(21)17-8-10-18(16)14(20)12-6-3-4-9-19(12)25(22,23)13-7-5-11-24-13/h5,7,11-12H,3-4,6,8-10H2,1-2H3,(H,17,21)/t12-/m1/s1. The lowest BCUT2D eigenvalue weighted by atomic mass is 9.95. The number of nitrogens with one attached hydrogen (secondary N) is 1. The third-order valence-electron chi connectivity index (χ3n) is 4.91. The molecule has 1 aromatic heterocycles. The zero-order valence-electron chi connectivity index (χ0n) is 14.4. The second-order valence-electron chi connectivity index (χ2n) is 6.86. The molecule has 0 spiro atoms. The highest BCUT2D eigenvalue weighted by molar-refractivity contribution is 7.91. The molecule has 2 saturated heterocycles. The number of thiophene rings is 1. The second kappa shape index (κ2) is 6.69. The fraction of sp³-hybridized carbons (Fsp3) is 0.625. The van der Waals surface area contributed by atoms with Gasteiger partial charge in [-0.3, -0.25) is 9.59 Å². The van der Waals surface area contributed by atoms with E-state index in [0.717, 1.165) is 24.2 Å². The number of piperidine rings is 1. The maximum atomic E-state index is 13.2. The number of nitrogens with zero attached hydrogens (tertiary/aromatic N) is 2. The Bertz CT molecular complexity index is 758. The van der Waals surface area contributed by atoms with Crippen molar-refractivity contribution in [1.82, 2.24) is 14.5 Å². The molecule has 0 radical (unpaired) electrons. The molecule has 1 N–H and O–H groups in total. The topological polar surface area (TPSA) is 86.8 Å². The van der Waals surface area contributed by atoms with E-state index in [-0.39, 0.29) is 16.0 Å². The van der Waals surface area contributed by atoms with Crippen molar-refractivity contribution in [3.63, 3.8) is 0 Å². The monoisotopic (exact) mass is 385 g/mol. The summed E-state index contributed by atoms with van der Waals surface area (Å²) in [6.45, 7) is 4.50. The van der Waals surface area contributed by atoms with E-state index in [9.17, 15) is 18.0 Å². The van der Waals surface area contributed by atoms with Gasteiger partial charge in [0.1, 0.15) is 15.8 Å². The number of rotatable bonds is 3. The molecule has 2 fully saturated rings. The Kier molecular flexibility index (Phi) is 4.91. The van der Waals surface area contributed by atoms with Crippen molar-refractivity contribution in [3.05, 3.63) is 17.5 Å². The first kappa shape index (κ1) is 18.3. The van der Waals surface area contributed by atoms with Gasteiger partial charge < -0.3 is 10.2 Å². The minimum absolute atomic E-state index is 0.212. The highest BCUT2D eigenvalue weighted by Gasteiger charge is 2.46. The first-order valence-corrected chi connectivity index (χ1v) is 10.7. The van der Waals surface area contributed by atoms with Crippen LogP contribution in [0.25, 0.3) is 0 Å². The summed E-state index contributed by atoms with van der Waals surface area (Å²) in [7, 11) is -3.70. The van der Waals surface area contributed by atoms with E-state index >= 15 is 0 Å². The first-order valence-electron chi connectivity index (χ1n) is 8.41. The van der Waals surface area contributed by atoms with Gasteiger partial charge in [0, 0.05) is 19.6 Å². The molecule has 3 rings (SSSR count). The average molecular weight is 386 g/mol. The van der Waals surface area contributed by atoms with E-state index in [0.29, 0.717) is 26.1 Å². The molecule has 138 valence electrons. The third-order valence-corrected chi connectivity index (χ3v) is 8.20. The molecule has 0 aliphatic carbocycles. The highest BCUT2D eigenvalue weighted by Crippen LogP contribution is 2.30. The van der Waals surface area contributed by atoms with Crippen LogP contribution >= 0.6 is 11.3 Å². The third kappa shape index (κ3) is 3.20. The lowest BCUT2D eigenvalue weighted by Crippen LogP contribution is -2.66. The van der Waals surface area contributed by atoms with Crippen molar-refractivity contribution in [1.29, 1.82) is 0 Å². The molecule has 1 aromatic rings. The molecule has 7 nitrogen and oxygen atoms in total. The molecule has 2 aliphatic heterocycles. The number of carbonyl (C=O) groups excluding carboxylic acids is 2. The van der Waals surface area contributed by atoms with Crippen LogP contribution in [0.1, 0.15) is 33.1 Å². The van der Waals surface area contributed by atoms with Crippen LogP contribution in [0.15, 0.2) is 21.7 Å². The van der Waals surface area contributed by atoms with Crippen molar-refractivity contribution >= 4 is 33.2 Å². The molecule has 2 aliphatic rings. The van der Waals surface area contributed by atoms with Crippen LogP contribution in [0, 0.1) is 0 Å². The second-order valence-corrected chi connectivity index (χ2v) is 9.93. The lowest BCUT2D eigenvalue weighted by molar-refractivity contribution is -0.152. The maximum absolute atomic E-state index is 13.2. The van der Waals surface area contributed by atoms with Gasteiger partial charge in [0.05, 0.1) is 0 Å². The van der Waals surface area contributed by atoms with Crippen molar-refractivity contribution in [2.45, 2.75) is 48.9 Å². The molecule has 0 bridgehead atoms. The number of hydrogen-bond donors (Lipinski definition) is 1. The minimum Gasteiger partial charge on any atom is -0.352 e. The molecule has 0 saturated carbocycles. The predicted molar refractivity (Wildman–Crippen MR) is 94.7 cm³/mol. The normalized spacial score (nSPS) is 24.8. The largest absolute Gasteiger partial charge is 0.352 e. The molecule has 9 heteroatoms. The Balaban J connectivity index is 1.91. The van der Waals surface area contributed by atoms with E-state index in [2.05, 4.69) is 5.32 Å². The molecule has 3 heterocycles. The van der Waals surface area contributed by atoms with Crippen LogP contribution in [0.5, 0.6) is 0 Å². The summed E-state index contributed by atoms with van der Waals surface area (Å²) in [6, 6.07) is 2.51. The summed E-state index contributed by atoms with van der Waals surface area (Å²) in [5.74, 6) is -0.491. The highest BCUT2D eigenvalue weighted by atomic mass is 32.2. The number of hydrogen-bond acceptors (Lipinski definition) is 5. The lowest BCUT2D eigenvalue weighted by Gasteiger charge is -2.44. The Morgan fingerprint density at radius 3 is 2.76 bits per heavy atom. The Morgan fingerprint density at radius 2 is 2.08 bits per heavy atom. The van der Waals surface area contributed by atoms with E-state index < -0.39 is 21.6 Å². The smallest absolute Gasteiger partial charge is 0.253 e. The first-order chi connectivity index (χ1) is 11.8. The summed E-state index contributed by atoms with van der Waals surface area (Å²) in [5, 5.41) is 4.47. The van der Waals surface area contributed by atoms with Crippen molar-refractivity contribution in [3.8, 4) is 0 Å². The quantitative estimate of drug-likeness (QED) is 0.842. The van der Waals surface area contributed by atoms with Crippen LogP contribution in [0.4, 0.5) is 0 Å². The van der Waals surface area contributed by atoms with Gasteiger partial charge in [-0.1, -0.05) is 12.5 Å². The van der Waals surface area contributed by atoms with Crippen molar-refractivity contribution < 1.29 is 18.0 Å². The predicted octanol–water partition coefficient (Wildman–Crippen LogP) is 1.03. The summed E-state index contributed by atoms with van der Waals surface area (Å²) >= 11 is 1.15. The summed E-state index contributed by atoms with van der Waals surface area (Å²) in [4.78, 5) is 26.9. The van der Waals surface area contributed by atoms with Crippen LogP contribution < -0.4 is 5.32 Å². The molecule has 2 amide bonds. The van der Waals surface area contributed by atoms with Gasteiger partial charge in [0.15, 0.2) is 0 Å². The summed E-state index contributed by atoms with van der Waals surface area (Å²) in [5.41, 5.74) is -0.981. The molecule has 0 unspecified atom stereocenters. The van der Waals surface area contributed by atoms with Crippen LogP contribution in [0.2, 0.25) is 0 Å². The van der Waals surface area contributed by atoms with Crippen LogP contribution in [-0.2, 0) is 19.6 Å². The SMILES string of the molecule is CC1(C)C(=O)NCCN1C(=O)[C@H]1CCCCN1S(=O)(=O)c1cccs1. The van der Waals surface area contributed by atoms with Gasteiger partial charge in [0.2, 0.25) is 11.8 Å². The van der Waals surface area contributed by atoms with Crippen molar-refractivity contribution in [2.24, 2.45) is 0 Å². The summed E-state index contributed by atoms with van der Waals surface area (Å²) < 4.78 is 27.5. The zero-order valence-corrected chi connectivity index (χ0v) is 16.0. The fourth-order valence-corrected chi connectivity index (χ4v) is 6.20. The molecule has 1 atom stereocenters. The van der Waals surface area contributed by atoms with Gasteiger partial charge >= 0.3 is 0 Å². The Hall–Kier alpha value is -1.45. The molecule has 25 heavy (non-hydrogen) atoms.